The number of nitro groups is 1. The molecule has 1 heterocycles. The van der Waals surface area contributed by atoms with Gasteiger partial charge in [0.25, 0.3) is 0 Å². The Morgan fingerprint density at radius 1 is 1.21 bits per heavy atom. The van der Waals surface area contributed by atoms with Crippen LogP contribution in [0.4, 0.5) is 4.79 Å². The number of benzene rings is 2. The van der Waals surface area contributed by atoms with Crippen molar-refractivity contribution in [1.82, 2.24) is 9.62 Å². The molecule has 2 aromatic carbocycles. The first-order valence-corrected chi connectivity index (χ1v) is 12.1. The molecule has 2 aromatic rings. The quantitative estimate of drug-likeness (QED) is 0.355. The number of carboxylic acid groups (broad SMARTS) is 1. The number of hydrogen-bond acceptors (Lipinski definition) is 5. The van der Waals surface area contributed by atoms with Crippen LogP contribution < -0.4 is 4.72 Å². The lowest BCUT2D eigenvalue weighted by molar-refractivity contribution is -0.492. The summed E-state index contributed by atoms with van der Waals surface area (Å²) in [5.74, 6) is 0. The summed E-state index contributed by atoms with van der Waals surface area (Å²) in [7, 11) is 0. The van der Waals surface area contributed by atoms with Crippen LogP contribution in [0.1, 0.15) is 39.2 Å². The minimum atomic E-state index is -1.61. The summed E-state index contributed by atoms with van der Waals surface area (Å²) < 4.78 is 15.4. The van der Waals surface area contributed by atoms with Gasteiger partial charge in [-0.25, -0.2) is 4.79 Å². The van der Waals surface area contributed by atoms with E-state index in [1.807, 2.05) is 54.6 Å². The topological polar surface area (TPSA) is 119 Å². The van der Waals surface area contributed by atoms with Crippen LogP contribution in [-0.4, -0.2) is 55.0 Å². The molecule has 2 N–H and O–H groups in total. The molecule has 3 rings (SSSR count). The van der Waals surface area contributed by atoms with E-state index in [1.54, 1.807) is 20.8 Å². The molecule has 0 bridgehead atoms. The van der Waals surface area contributed by atoms with E-state index in [2.05, 4.69) is 4.72 Å². The number of nitrogens with one attached hydrogen (secondary N) is 1. The maximum absolute atomic E-state index is 13.0. The van der Waals surface area contributed by atoms with Crippen molar-refractivity contribution >= 4 is 17.5 Å². The van der Waals surface area contributed by atoms with Crippen molar-refractivity contribution in [3.8, 4) is 11.1 Å². The van der Waals surface area contributed by atoms with Crippen molar-refractivity contribution in [2.75, 3.05) is 13.1 Å². The van der Waals surface area contributed by atoms with E-state index in [-0.39, 0.29) is 13.0 Å². The van der Waals surface area contributed by atoms with E-state index in [0.29, 0.717) is 12.8 Å². The highest BCUT2D eigenvalue weighted by atomic mass is 32.2. The molecule has 0 spiro atoms. The smallest absolute Gasteiger partial charge is 0.407 e. The third kappa shape index (κ3) is 6.04. The van der Waals surface area contributed by atoms with Crippen LogP contribution in [0.2, 0.25) is 0 Å². The van der Waals surface area contributed by atoms with Crippen LogP contribution in [0.5, 0.6) is 0 Å². The van der Waals surface area contributed by atoms with Gasteiger partial charge in [-0.3, -0.25) is 10.1 Å². The van der Waals surface area contributed by atoms with Gasteiger partial charge in [-0.05, 0) is 56.7 Å². The summed E-state index contributed by atoms with van der Waals surface area (Å²) in [4.78, 5) is 24.7. The summed E-state index contributed by atoms with van der Waals surface area (Å²) in [5, 5.41) is 21.7. The van der Waals surface area contributed by atoms with Gasteiger partial charge in [0.15, 0.2) is 0 Å². The van der Waals surface area contributed by atoms with Gasteiger partial charge >= 0.3 is 6.09 Å². The zero-order chi connectivity index (χ0) is 24.2. The first-order valence-electron chi connectivity index (χ1n) is 11.0. The molecule has 3 atom stereocenters. The van der Waals surface area contributed by atoms with Crippen molar-refractivity contribution in [2.45, 2.75) is 56.4 Å². The molecule has 33 heavy (non-hydrogen) atoms. The average Bonchev–Trinajstić information content (AvgIpc) is 2.74. The largest absolute Gasteiger partial charge is 0.598 e. The molecule has 178 valence electrons. The average molecular weight is 474 g/mol. The summed E-state index contributed by atoms with van der Waals surface area (Å²) in [5.41, 5.74) is 1.63. The van der Waals surface area contributed by atoms with Crippen molar-refractivity contribution in [2.24, 2.45) is 0 Å². The summed E-state index contributed by atoms with van der Waals surface area (Å²) in [6.07, 6.45) is -0.0396. The van der Waals surface area contributed by atoms with E-state index in [9.17, 15) is 24.6 Å². The van der Waals surface area contributed by atoms with E-state index in [0.717, 1.165) is 16.7 Å². The molecule has 9 heteroatoms. The number of nitrogens with zero attached hydrogens (tertiary/aromatic N) is 2. The fraction of sp³-hybridized carbons (Fsp3) is 0.458. The van der Waals surface area contributed by atoms with Gasteiger partial charge in [-0.15, -0.1) is 4.72 Å². The minimum absolute atomic E-state index is 0.273. The van der Waals surface area contributed by atoms with E-state index >= 15 is 0 Å². The van der Waals surface area contributed by atoms with Crippen LogP contribution in [-0.2, 0) is 17.8 Å². The number of likely N-dealkylation sites (tertiary alicyclic amines) is 1. The number of piperidine rings is 1. The second-order valence-corrected chi connectivity index (χ2v) is 11.5. The maximum Gasteiger partial charge on any atom is 0.407 e. The molecule has 1 aliphatic heterocycles. The molecular formula is C24H31N3O5S. The van der Waals surface area contributed by atoms with Crippen molar-refractivity contribution in [3.05, 3.63) is 70.3 Å². The Balaban J connectivity index is 2.02. The van der Waals surface area contributed by atoms with Gasteiger partial charge in [0, 0.05) is 22.8 Å². The Morgan fingerprint density at radius 3 is 2.48 bits per heavy atom. The first kappa shape index (κ1) is 25.0. The highest BCUT2D eigenvalue weighted by molar-refractivity contribution is 7.90. The van der Waals surface area contributed by atoms with E-state index in [1.165, 1.54) is 4.90 Å². The monoisotopic (exact) mass is 473 g/mol. The van der Waals surface area contributed by atoms with Gasteiger partial charge in [0.2, 0.25) is 6.54 Å². The number of carbonyl (C=O) groups is 1. The van der Waals surface area contributed by atoms with E-state index in [4.69, 9.17) is 0 Å². The van der Waals surface area contributed by atoms with Crippen LogP contribution in [0.25, 0.3) is 11.1 Å². The van der Waals surface area contributed by atoms with Gasteiger partial charge in [-0.2, -0.15) is 0 Å². The lowest BCUT2D eigenvalue weighted by atomic mass is 9.78. The van der Waals surface area contributed by atoms with Crippen LogP contribution in [0.3, 0.4) is 0 Å². The Morgan fingerprint density at radius 2 is 1.88 bits per heavy atom. The maximum atomic E-state index is 13.0. The summed E-state index contributed by atoms with van der Waals surface area (Å²) in [6.45, 7) is 5.12. The minimum Gasteiger partial charge on any atom is -0.598 e. The Labute approximate surface area is 197 Å². The first-order chi connectivity index (χ1) is 15.5. The summed E-state index contributed by atoms with van der Waals surface area (Å²) >= 11 is -1.61. The third-order valence-electron chi connectivity index (χ3n) is 6.01. The zero-order valence-electron chi connectivity index (χ0n) is 19.2. The van der Waals surface area contributed by atoms with Gasteiger partial charge in [-0.1, -0.05) is 54.6 Å². The molecule has 1 amide bonds. The Bertz CT molecular complexity index is 982. The number of amides is 1. The standard InChI is InChI=1S/C24H31N3O5S/c1-23(2,3)33(32)25-24(17-27(30)31)13-8-14-26(22(28)29)21(24)16-18-9-7-12-20(15-18)19-10-5-4-6-11-19/h4-7,9-12,15,21,25H,8,13-14,16-17H2,1-3H3,(H,28,29). The second-order valence-electron chi connectivity index (χ2n) is 9.50. The van der Waals surface area contributed by atoms with Crippen LogP contribution in [0.15, 0.2) is 54.6 Å². The lowest BCUT2D eigenvalue weighted by Crippen LogP contribution is -2.70. The molecular weight excluding hydrogens is 442 g/mol. The van der Waals surface area contributed by atoms with Gasteiger partial charge in [0.05, 0.1) is 6.04 Å². The third-order valence-corrected chi connectivity index (χ3v) is 7.71. The number of rotatable bonds is 7. The Hall–Kier alpha value is -2.62. The Kier molecular flexibility index (Phi) is 7.66. The van der Waals surface area contributed by atoms with Crippen molar-refractivity contribution in [1.29, 1.82) is 0 Å². The fourth-order valence-corrected chi connectivity index (χ4v) is 5.33. The highest BCUT2D eigenvalue weighted by Crippen LogP contribution is 2.34. The molecule has 0 aliphatic carbocycles. The number of hydrogen-bond donors (Lipinski definition) is 2. The summed E-state index contributed by atoms with van der Waals surface area (Å²) in [6, 6.07) is 16.8. The molecule has 3 unspecified atom stereocenters. The van der Waals surface area contributed by atoms with Gasteiger partial charge in [0.1, 0.15) is 10.3 Å². The fourth-order valence-electron chi connectivity index (χ4n) is 4.36. The van der Waals surface area contributed by atoms with Crippen molar-refractivity contribution in [3.63, 3.8) is 0 Å². The second kappa shape index (κ2) is 10.1. The molecule has 8 nitrogen and oxygen atoms in total. The molecule has 1 fully saturated rings. The predicted octanol–water partition coefficient (Wildman–Crippen LogP) is 4.11. The van der Waals surface area contributed by atoms with Crippen LogP contribution >= 0.6 is 0 Å². The van der Waals surface area contributed by atoms with Crippen LogP contribution in [0, 0.1) is 10.1 Å². The van der Waals surface area contributed by atoms with Gasteiger partial charge < -0.3 is 14.6 Å². The molecule has 0 aromatic heterocycles. The van der Waals surface area contributed by atoms with E-state index < -0.39 is 45.3 Å². The molecule has 0 radical (unpaired) electrons. The zero-order valence-corrected chi connectivity index (χ0v) is 20.0. The molecule has 0 saturated carbocycles. The highest BCUT2D eigenvalue weighted by Gasteiger charge is 2.54. The predicted molar refractivity (Wildman–Crippen MR) is 129 cm³/mol. The SMILES string of the molecule is CC(C)(C)[S+]([O-])NC1(C[N+](=O)[O-])CCCN(C(=O)O)C1Cc1cccc(-c2ccccc2)c1. The molecule has 1 aliphatic rings. The lowest BCUT2D eigenvalue weighted by Gasteiger charge is -2.47. The van der Waals surface area contributed by atoms with Crippen molar-refractivity contribution < 1.29 is 19.4 Å². The normalized spacial score (nSPS) is 22.1. The molecule has 1 saturated heterocycles.